The highest BCUT2D eigenvalue weighted by Gasteiger charge is 2.20. The quantitative estimate of drug-likeness (QED) is 0.106. The summed E-state index contributed by atoms with van der Waals surface area (Å²) in [5.41, 5.74) is 2.74. The van der Waals surface area contributed by atoms with Crippen molar-refractivity contribution in [1.29, 1.82) is 0 Å². The molecule has 0 N–H and O–H groups in total. The van der Waals surface area contributed by atoms with E-state index >= 15 is 0 Å². The zero-order valence-electron chi connectivity index (χ0n) is 28.3. The van der Waals surface area contributed by atoms with E-state index in [0.29, 0.717) is 30.2 Å². The second-order valence-electron chi connectivity index (χ2n) is 10.5. The number of hydrogen-bond acceptors (Lipinski definition) is 11. The van der Waals surface area contributed by atoms with E-state index in [2.05, 4.69) is 10.2 Å². The van der Waals surface area contributed by atoms with Crippen LogP contribution in [0.15, 0.2) is 72.9 Å². The van der Waals surface area contributed by atoms with Crippen LogP contribution in [0.5, 0.6) is 11.5 Å². The van der Waals surface area contributed by atoms with E-state index in [9.17, 15) is 19.2 Å². The van der Waals surface area contributed by atoms with Crippen LogP contribution in [-0.4, -0.2) is 89.5 Å². The standard InChI is InChI=1S/C19H23N3O4.C16H18N2O4/c1-5-26-19(24)16-12-17(18(23)9-10-21(2)3)22(20-16)13-14-7-6-8-15(11-14)25-4;1-4-22-16(20)14-9-15(11(2)19)18(17-14)10-12-6-5-7-13(8-12)21-3/h6-12H,5,13H2,1-4H3;5-9H,4,10H2,1-3H3/b10-9+;. The maximum atomic E-state index is 12.5. The molecule has 0 unspecified atom stereocenters. The molecule has 4 aromatic rings. The predicted molar refractivity (Wildman–Crippen MR) is 178 cm³/mol. The predicted octanol–water partition coefficient (Wildman–Crippen LogP) is 4.69. The first-order valence-electron chi connectivity index (χ1n) is 15.1. The number of aromatic nitrogens is 4. The number of esters is 2. The molecule has 2 aromatic heterocycles. The highest BCUT2D eigenvalue weighted by atomic mass is 16.5. The third-order valence-corrected chi connectivity index (χ3v) is 6.60. The van der Waals surface area contributed by atoms with Gasteiger partial charge in [0.2, 0.25) is 5.78 Å². The molecule has 0 saturated carbocycles. The van der Waals surface area contributed by atoms with E-state index in [1.54, 1.807) is 39.2 Å². The number of carbonyl (C=O) groups is 4. The second kappa shape index (κ2) is 17.8. The van der Waals surface area contributed by atoms with Gasteiger partial charge < -0.3 is 23.8 Å². The molecule has 0 saturated heterocycles. The minimum atomic E-state index is -0.553. The highest BCUT2D eigenvalue weighted by Crippen LogP contribution is 2.17. The second-order valence-corrected chi connectivity index (χ2v) is 10.5. The van der Waals surface area contributed by atoms with Gasteiger partial charge in [-0.3, -0.25) is 19.0 Å². The van der Waals surface area contributed by atoms with E-state index in [4.69, 9.17) is 18.9 Å². The Morgan fingerprint density at radius 2 is 1.19 bits per heavy atom. The first-order chi connectivity index (χ1) is 23.0. The molecule has 0 bridgehead atoms. The highest BCUT2D eigenvalue weighted by molar-refractivity contribution is 6.04. The summed E-state index contributed by atoms with van der Waals surface area (Å²) in [5, 5.41) is 8.44. The van der Waals surface area contributed by atoms with Crippen LogP contribution in [0.4, 0.5) is 0 Å². The number of Topliss-reactive ketones (excluding diaryl/α,β-unsaturated/α-hetero) is 1. The average Bonchev–Trinajstić information content (AvgIpc) is 3.69. The fraction of sp³-hybridized carbons (Fsp3) is 0.314. The number of carbonyl (C=O) groups excluding carboxylic acids is 4. The van der Waals surface area contributed by atoms with Crippen molar-refractivity contribution in [3.63, 3.8) is 0 Å². The molecule has 4 rings (SSSR count). The van der Waals surface area contributed by atoms with Crippen molar-refractivity contribution >= 4 is 23.5 Å². The molecule has 13 heteroatoms. The maximum absolute atomic E-state index is 12.5. The molecule has 2 aromatic carbocycles. The van der Waals surface area contributed by atoms with Gasteiger partial charge >= 0.3 is 11.9 Å². The largest absolute Gasteiger partial charge is 0.497 e. The fourth-order valence-electron chi connectivity index (χ4n) is 4.36. The number of allylic oxidation sites excluding steroid dienone is 1. The summed E-state index contributed by atoms with van der Waals surface area (Å²) in [6.45, 7) is 6.07. The van der Waals surface area contributed by atoms with Gasteiger partial charge in [0.25, 0.3) is 0 Å². The van der Waals surface area contributed by atoms with E-state index in [-0.39, 0.29) is 36.2 Å². The molecule has 0 atom stereocenters. The number of benzene rings is 2. The van der Waals surface area contributed by atoms with Crippen molar-refractivity contribution in [3.8, 4) is 11.5 Å². The molecule has 0 amide bonds. The van der Waals surface area contributed by atoms with Gasteiger partial charge in [-0.05, 0) is 49.2 Å². The Balaban J connectivity index is 0.000000264. The first kappa shape index (κ1) is 36.7. The molecule has 2 heterocycles. The zero-order chi connectivity index (χ0) is 35.2. The first-order valence-corrected chi connectivity index (χ1v) is 15.1. The Kier molecular flexibility index (Phi) is 13.7. The zero-order valence-corrected chi connectivity index (χ0v) is 28.3. The molecule has 0 aliphatic rings. The van der Waals surface area contributed by atoms with E-state index < -0.39 is 11.9 Å². The Labute approximate surface area is 279 Å². The number of methoxy groups -OCH3 is 2. The Hall–Kier alpha value is -5.72. The molecule has 254 valence electrons. The number of ether oxygens (including phenoxy) is 4. The van der Waals surface area contributed by atoms with Gasteiger partial charge in [-0.1, -0.05) is 24.3 Å². The summed E-state index contributed by atoms with van der Waals surface area (Å²) in [6.07, 6.45) is 3.09. The average molecular weight is 660 g/mol. The molecule has 0 aliphatic heterocycles. The number of ketones is 2. The third-order valence-electron chi connectivity index (χ3n) is 6.60. The summed E-state index contributed by atoms with van der Waals surface area (Å²) in [5.74, 6) is -0.0622. The molecule has 0 spiro atoms. The molecule has 0 aliphatic carbocycles. The van der Waals surface area contributed by atoms with Crippen molar-refractivity contribution in [2.24, 2.45) is 0 Å². The van der Waals surface area contributed by atoms with Crippen LogP contribution in [0.2, 0.25) is 0 Å². The van der Waals surface area contributed by atoms with Crippen LogP contribution >= 0.6 is 0 Å². The SMILES string of the molecule is CCOC(=O)c1cc(C(=O)/C=C/N(C)C)n(Cc2cccc(OC)c2)n1.CCOC(=O)c1cc(C(C)=O)n(Cc2cccc(OC)c2)n1. The van der Waals surface area contributed by atoms with Gasteiger partial charge in [-0.25, -0.2) is 9.59 Å². The summed E-state index contributed by atoms with van der Waals surface area (Å²) in [4.78, 5) is 49.8. The lowest BCUT2D eigenvalue weighted by Crippen LogP contribution is -2.12. The number of rotatable bonds is 14. The minimum absolute atomic E-state index is 0.108. The number of nitrogens with zero attached hydrogens (tertiary/aromatic N) is 5. The smallest absolute Gasteiger partial charge is 0.358 e. The van der Waals surface area contributed by atoms with Gasteiger partial charge in [-0.15, -0.1) is 0 Å². The Bertz CT molecular complexity index is 1750. The van der Waals surface area contributed by atoms with Gasteiger partial charge in [0, 0.05) is 45.4 Å². The summed E-state index contributed by atoms with van der Waals surface area (Å²) < 4.78 is 23.3. The van der Waals surface area contributed by atoms with E-state index in [1.807, 2.05) is 62.6 Å². The topological polar surface area (TPSA) is 144 Å². The van der Waals surface area contributed by atoms with Crippen molar-refractivity contribution in [3.05, 3.63) is 107 Å². The van der Waals surface area contributed by atoms with E-state index in [0.717, 1.165) is 16.9 Å². The van der Waals surface area contributed by atoms with Crippen LogP contribution < -0.4 is 9.47 Å². The Morgan fingerprint density at radius 1 is 0.729 bits per heavy atom. The van der Waals surface area contributed by atoms with Gasteiger partial charge in [0.15, 0.2) is 17.2 Å². The van der Waals surface area contributed by atoms with Crippen LogP contribution in [-0.2, 0) is 22.6 Å². The molecular formula is C35H41N5O8. The lowest BCUT2D eigenvalue weighted by Gasteiger charge is -2.08. The van der Waals surface area contributed by atoms with Crippen molar-refractivity contribution < 1.29 is 38.1 Å². The van der Waals surface area contributed by atoms with Crippen LogP contribution in [0.3, 0.4) is 0 Å². The van der Waals surface area contributed by atoms with E-state index in [1.165, 1.54) is 34.5 Å². The maximum Gasteiger partial charge on any atom is 0.358 e. The lowest BCUT2D eigenvalue weighted by atomic mass is 10.2. The third kappa shape index (κ3) is 10.4. The fourth-order valence-corrected chi connectivity index (χ4v) is 4.36. The van der Waals surface area contributed by atoms with Crippen molar-refractivity contribution in [2.45, 2.75) is 33.9 Å². The van der Waals surface area contributed by atoms with Crippen molar-refractivity contribution in [2.75, 3.05) is 41.5 Å². The molecule has 0 radical (unpaired) electrons. The Morgan fingerprint density at radius 3 is 1.60 bits per heavy atom. The molecule has 48 heavy (non-hydrogen) atoms. The van der Waals surface area contributed by atoms with Gasteiger partial charge in [0.1, 0.15) is 22.9 Å². The lowest BCUT2D eigenvalue weighted by molar-refractivity contribution is 0.0509. The molecular weight excluding hydrogens is 618 g/mol. The van der Waals surface area contributed by atoms with Crippen LogP contribution in [0.1, 0.15) is 73.9 Å². The molecule has 13 nitrogen and oxygen atoms in total. The molecule has 0 fully saturated rings. The van der Waals surface area contributed by atoms with Crippen LogP contribution in [0, 0.1) is 0 Å². The monoisotopic (exact) mass is 659 g/mol. The number of hydrogen-bond donors (Lipinski definition) is 0. The summed E-state index contributed by atoms with van der Waals surface area (Å²) >= 11 is 0. The van der Waals surface area contributed by atoms with Gasteiger partial charge in [-0.2, -0.15) is 10.2 Å². The minimum Gasteiger partial charge on any atom is -0.497 e. The van der Waals surface area contributed by atoms with Crippen molar-refractivity contribution in [1.82, 2.24) is 24.5 Å². The van der Waals surface area contributed by atoms with Crippen LogP contribution in [0.25, 0.3) is 0 Å². The van der Waals surface area contributed by atoms with Gasteiger partial charge in [0.05, 0.1) is 40.5 Å². The normalized spacial score (nSPS) is 10.6. The summed E-state index contributed by atoms with van der Waals surface area (Å²) in [7, 11) is 6.82. The summed E-state index contributed by atoms with van der Waals surface area (Å²) in [6, 6.07) is 17.8.